The van der Waals surface area contributed by atoms with Gasteiger partial charge in [-0.05, 0) is 36.4 Å². The van der Waals surface area contributed by atoms with Crippen LogP contribution in [0.3, 0.4) is 0 Å². The maximum atomic E-state index is 12.0. The summed E-state index contributed by atoms with van der Waals surface area (Å²) in [7, 11) is 1.60. The van der Waals surface area contributed by atoms with Gasteiger partial charge in [0.15, 0.2) is 16.7 Å². The molecule has 29 heavy (non-hydrogen) atoms. The van der Waals surface area contributed by atoms with Crippen molar-refractivity contribution in [1.82, 2.24) is 25.6 Å². The molecule has 0 fully saturated rings. The molecule has 0 unspecified atom stereocenters. The zero-order chi connectivity index (χ0) is 20.6. The summed E-state index contributed by atoms with van der Waals surface area (Å²) in [5.74, 6) is 0.607. The van der Waals surface area contributed by atoms with E-state index in [1.165, 1.54) is 24.1 Å². The molecule has 2 heterocycles. The van der Waals surface area contributed by atoms with E-state index >= 15 is 0 Å². The number of benzene rings is 1. The number of methoxy groups -OCH3 is 1. The normalized spacial score (nSPS) is 10.4. The predicted octanol–water partition coefficient (Wildman–Crippen LogP) is 2.29. The molecule has 2 N–H and O–H groups in total. The first-order valence-corrected chi connectivity index (χ1v) is 9.55. The number of furan rings is 1. The Morgan fingerprint density at radius 2 is 2.03 bits per heavy atom. The van der Waals surface area contributed by atoms with Gasteiger partial charge in [-0.1, -0.05) is 17.8 Å². The van der Waals surface area contributed by atoms with Crippen LogP contribution in [-0.4, -0.2) is 39.4 Å². The zero-order valence-corrected chi connectivity index (χ0v) is 16.4. The van der Waals surface area contributed by atoms with E-state index in [2.05, 4.69) is 27.6 Å². The summed E-state index contributed by atoms with van der Waals surface area (Å²) in [6.07, 6.45) is 3.10. The molecule has 0 aliphatic carbocycles. The SMILES string of the molecule is C=CCn1c(SCC(=O)NNC(=O)c2ccco2)nnc1-c1ccc(OC)cc1. The van der Waals surface area contributed by atoms with Gasteiger partial charge in [0, 0.05) is 12.1 Å². The number of hydrogen-bond donors (Lipinski definition) is 2. The minimum atomic E-state index is -0.537. The molecule has 3 aromatic rings. The Morgan fingerprint density at radius 1 is 1.24 bits per heavy atom. The third-order valence-electron chi connectivity index (χ3n) is 3.77. The van der Waals surface area contributed by atoms with Gasteiger partial charge in [-0.25, -0.2) is 0 Å². The van der Waals surface area contributed by atoms with Crippen LogP contribution in [0.25, 0.3) is 11.4 Å². The average Bonchev–Trinajstić information content (AvgIpc) is 3.41. The van der Waals surface area contributed by atoms with E-state index in [-0.39, 0.29) is 11.5 Å². The number of allylic oxidation sites excluding steroid dienone is 1. The minimum Gasteiger partial charge on any atom is -0.497 e. The Bertz CT molecular complexity index is 983. The summed E-state index contributed by atoms with van der Waals surface area (Å²) < 4.78 is 12.0. The zero-order valence-electron chi connectivity index (χ0n) is 15.6. The Labute approximate surface area is 171 Å². The highest BCUT2D eigenvalue weighted by Crippen LogP contribution is 2.25. The van der Waals surface area contributed by atoms with Crippen LogP contribution >= 0.6 is 11.8 Å². The topological polar surface area (TPSA) is 111 Å². The van der Waals surface area contributed by atoms with E-state index < -0.39 is 11.8 Å². The molecule has 2 amide bonds. The van der Waals surface area contributed by atoms with Crippen LogP contribution in [0.1, 0.15) is 10.6 Å². The minimum absolute atomic E-state index is 0.0380. The number of hydrogen-bond acceptors (Lipinski definition) is 7. The number of rotatable bonds is 8. The second kappa shape index (κ2) is 9.60. The highest BCUT2D eigenvalue weighted by Gasteiger charge is 2.16. The van der Waals surface area contributed by atoms with E-state index in [0.29, 0.717) is 17.5 Å². The highest BCUT2D eigenvalue weighted by molar-refractivity contribution is 7.99. The van der Waals surface area contributed by atoms with Crippen molar-refractivity contribution in [3.05, 3.63) is 61.1 Å². The highest BCUT2D eigenvalue weighted by atomic mass is 32.2. The number of thioether (sulfide) groups is 1. The summed E-state index contributed by atoms with van der Waals surface area (Å²) in [5.41, 5.74) is 5.48. The molecule has 0 radical (unpaired) electrons. The van der Waals surface area contributed by atoms with Crippen molar-refractivity contribution in [2.75, 3.05) is 12.9 Å². The Morgan fingerprint density at radius 3 is 2.69 bits per heavy atom. The number of hydrazine groups is 1. The van der Waals surface area contributed by atoms with E-state index in [4.69, 9.17) is 9.15 Å². The van der Waals surface area contributed by atoms with Crippen LogP contribution in [0.2, 0.25) is 0 Å². The third kappa shape index (κ3) is 5.05. The fourth-order valence-electron chi connectivity index (χ4n) is 2.40. The molecule has 3 rings (SSSR count). The van der Waals surface area contributed by atoms with Gasteiger partial charge >= 0.3 is 5.91 Å². The van der Waals surface area contributed by atoms with Gasteiger partial charge in [-0.2, -0.15) is 0 Å². The molecular formula is C19H19N5O4S. The molecule has 0 aliphatic rings. The molecule has 0 saturated heterocycles. The fourth-order valence-corrected chi connectivity index (χ4v) is 3.15. The first-order valence-electron chi connectivity index (χ1n) is 8.56. The maximum Gasteiger partial charge on any atom is 0.305 e. The second-order valence-corrected chi connectivity index (χ2v) is 6.64. The van der Waals surface area contributed by atoms with Crippen molar-refractivity contribution in [3.8, 4) is 17.1 Å². The molecule has 0 saturated carbocycles. The molecule has 10 heteroatoms. The first-order chi connectivity index (χ1) is 14.1. The maximum absolute atomic E-state index is 12.0. The lowest BCUT2D eigenvalue weighted by atomic mass is 10.2. The van der Waals surface area contributed by atoms with Crippen LogP contribution in [0.15, 0.2) is 64.9 Å². The molecule has 2 aromatic heterocycles. The quantitative estimate of drug-likeness (QED) is 0.331. The Kier molecular flexibility index (Phi) is 6.69. The standard InChI is InChI=1S/C19H19N5O4S/c1-3-10-24-17(13-6-8-14(27-2)9-7-13)21-23-19(24)29-12-16(25)20-22-18(26)15-5-4-11-28-15/h3-9,11H,1,10,12H2,2H3,(H,20,25)(H,22,26). The molecular weight excluding hydrogens is 394 g/mol. The van der Waals surface area contributed by atoms with E-state index in [0.717, 1.165) is 11.3 Å². The van der Waals surface area contributed by atoms with Crippen molar-refractivity contribution in [2.45, 2.75) is 11.7 Å². The van der Waals surface area contributed by atoms with Crippen molar-refractivity contribution < 1.29 is 18.7 Å². The van der Waals surface area contributed by atoms with Gasteiger partial charge in [-0.15, -0.1) is 16.8 Å². The van der Waals surface area contributed by atoms with Crippen LogP contribution in [0.4, 0.5) is 0 Å². The van der Waals surface area contributed by atoms with Gasteiger partial charge in [-0.3, -0.25) is 25.0 Å². The third-order valence-corrected chi connectivity index (χ3v) is 4.74. The predicted molar refractivity (Wildman–Crippen MR) is 107 cm³/mol. The largest absolute Gasteiger partial charge is 0.497 e. The van der Waals surface area contributed by atoms with Crippen molar-refractivity contribution in [2.24, 2.45) is 0 Å². The molecule has 1 aromatic carbocycles. The fraction of sp³-hybridized carbons (Fsp3) is 0.158. The summed E-state index contributed by atoms with van der Waals surface area (Å²) in [4.78, 5) is 23.8. The van der Waals surface area contributed by atoms with E-state index in [1.54, 1.807) is 19.3 Å². The average molecular weight is 413 g/mol. The summed E-state index contributed by atoms with van der Waals surface area (Å²) in [5, 5.41) is 8.97. The lowest BCUT2D eigenvalue weighted by Crippen LogP contribution is -2.42. The lowest BCUT2D eigenvalue weighted by Gasteiger charge is -2.09. The van der Waals surface area contributed by atoms with Crippen LogP contribution in [-0.2, 0) is 11.3 Å². The Balaban J connectivity index is 1.62. The monoisotopic (exact) mass is 413 g/mol. The second-order valence-electron chi connectivity index (χ2n) is 5.70. The lowest BCUT2D eigenvalue weighted by molar-refractivity contribution is -0.119. The number of aromatic nitrogens is 3. The summed E-state index contributed by atoms with van der Waals surface area (Å²) >= 11 is 1.20. The van der Waals surface area contributed by atoms with Crippen molar-refractivity contribution in [3.63, 3.8) is 0 Å². The molecule has 0 spiro atoms. The number of carbonyl (C=O) groups is 2. The van der Waals surface area contributed by atoms with Crippen molar-refractivity contribution >= 4 is 23.6 Å². The molecule has 0 bridgehead atoms. The number of ether oxygens (including phenoxy) is 1. The number of nitrogens with one attached hydrogen (secondary N) is 2. The molecule has 0 atom stereocenters. The summed E-state index contributed by atoms with van der Waals surface area (Å²) in [6.45, 7) is 4.25. The molecule has 0 aliphatic heterocycles. The van der Waals surface area contributed by atoms with Gasteiger partial charge in [0.1, 0.15) is 5.75 Å². The van der Waals surface area contributed by atoms with Gasteiger partial charge in [0.25, 0.3) is 0 Å². The van der Waals surface area contributed by atoms with Crippen LogP contribution in [0.5, 0.6) is 5.75 Å². The number of amides is 2. The summed E-state index contributed by atoms with van der Waals surface area (Å²) in [6, 6.07) is 10.5. The van der Waals surface area contributed by atoms with Crippen molar-refractivity contribution in [1.29, 1.82) is 0 Å². The molecule has 9 nitrogen and oxygen atoms in total. The van der Waals surface area contributed by atoms with Crippen LogP contribution < -0.4 is 15.6 Å². The first kappa shape index (κ1) is 20.2. The number of nitrogens with zero attached hydrogens (tertiary/aromatic N) is 3. The number of carbonyl (C=O) groups excluding carboxylic acids is 2. The smallest absolute Gasteiger partial charge is 0.305 e. The Hall–Kier alpha value is -3.53. The van der Waals surface area contributed by atoms with Gasteiger partial charge in [0.2, 0.25) is 5.91 Å². The van der Waals surface area contributed by atoms with Crippen LogP contribution in [0, 0.1) is 0 Å². The van der Waals surface area contributed by atoms with E-state index in [9.17, 15) is 9.59 Å². The van der Waals surface area contributed by atoms with E-state index in [1.807, 2.05) is 28.8 Å². The van der Waals surface area contributed by atoms with Gasteiger partial charge in [0.05, 0.1) is 19.1 Å². The van der Waals surface area contributed by atoms with Gasteiger partial charge < -0.3 is 9.15 Å². The molecule has 150 valence electrons.